The number of benzene rings is 1. The maximum Gasteiger partial charge on any atom is 0.281 e. The number of aromatic nitrogens is 1. The van der Waals surface area contributed by atoms with Gasteiger partial charge in [0.1, 0.15) is 31.1 Å². The number of thiazole rings is 1. The third-order valence-corrected chi connectivity index (χ3v) is 5.06. The number of rotatable bonds is 5. The molecule has 1 saturated heterocycles. The Hall–Kier alpha value is -1.83. The van der Waals surface area contributed by atoms with Crippen LogP contribution in [0.4, 0.5) is 9.52 Å². The van der Waals surface area contributed by atoms with E-state index >= 15 is 0 Å². The third-order valence-electron chi connectivity index (χ3n) is 4.15. The Morgan fingerprint density at radius 3 is 2.80 bits per heavy atom. The smallest absolute Gasteiger partial charge is 0.281 e. The first-order valence-corrected chi connectivity index (χ1v) is 9.28. The minimum atomic E-state index is -0.222. The summed E-state index contributed by atoms with van der Waals surface area (Å²) < 4.78 is 19.4. The van der Waals surface area contributed by atoms with E-state index in [4.69, 9.17) is 4.74 Å². The fraction of sp³-hybridized carbons (Fsp3) is 0.444. The van der Waals surface area contributed by atoms with E-state index in [-0.39, 0.29) is 23.9 Å². The van der Waals surface area contributed by atoms with Gasteiger partial charge in [0.25, 0.3) is 5.91 Å². The summed E-state index contributed by atoms with van der Waals surface area (Å²) in [5.41, 5.74) is 0.629. The molecule has 134 valence electrons. The molecule has 0 radical (unpaired) electrons. The summed E-state index contributed by atoms with van der Waals surface area (Å²) in [6.45, 7) is 6.12. The SMILES string of the molecule is CC1C[NH+](CC(=O)Nc2ncc(Cc3ccccc3F)s2)CC(C)O1. The van der Waals surface area contributed by atoms with Crippen molar-refractivity contribution in [2.24, 2.45) is 0 Å². The Morgan fingerprint density at radius 1 is 1.36 bits per heavy atom. The summed E-state index contributed by atoms with van der Waals surface area (Å²) in [6, 6.07) is 6.70. The first-order chi connectivity index (χ1) is 12.0. The van der Waals surface area contributed by atoms with Gasteiger partial charge >= 0.3 is 0 Å². The van der Waals surface area contributed by atoms with Gasteiger partial charge in [-0.25, -0.2) is 9.37 Å². The molecule has 5 nitrogen and oxygen atoms in total. The zero-order valence-electron chi connectivity index (χ0n) is 14.4. The summed E-state index contributed by atoms with van der Waals surface area (Å²) in [5, 5.41) is 3.41. The van der Waals surface area contributed by atoms with E-state index in [1.54, 1.807) is 18.3 Å². The lowest BCUT2D eigenvalue weighted by Gasteiger charge is -2.31. The lowest BCUT2D eigenvalue weighted by Crippen LogP contribution is -3.16. The molecule has 1 aliphatic heterocycles. The second-order valence-electron chi connectivity index (χ2n) is 6.54. The van der Waals surface area contributed by atoms with E-state index < -0.39 is 0 Å². The van der Waals surface area contributed by atoms with E-state index in [0.717, 1.165) is 18.0 Å². The van der Waals surface area contributed by atoms with Crippen molar-refractivity contribution in [3.63, 3.8) is 0 Å². The number of hydrogen-bond donors (Lipinski definition) is 2. The highest BCUT2D eigenvalue weighted by Gasteiger charge is 2.27. The quantitative estimate of drug-likeness (QED) is 0.846. The van der Waals surface area contributed by atoms with Crippen LogP contribution in [0.25, 0.3) is 0 Å². The van der Waals surface area contributed by atoms with Gasteiger partial charge < -0.3 is 9.64 Å². The second-order valence-corrected chi connectivity index (χ2v) is 7.66. The van der Waals surface area contributed by atoms with Crippen LogP contribution in [0.2, 0.25) is 0 Å². The molecule has 2 N–H and O–H groups in total. The highest BCUT2D eigenvalue weighted by molar-refractivity contribution is 7.15. The average Bonchev–Trinajstić information content (AvgIpc) is 2.95. The number of halogens is 1. The second kappa shape index (κ2) is 8.03. The Bertz CT molecular complexity index is 727. The van der Waals surface area contributed by atoms with Crippen molar-refractivity contribution in [2.45, 2.75) is 32.5 Å². The molecule has 25 heavy (non-hydrogen) atoms. The van der Waals surface area contributed by atoms with Gasteiger partial charge in [-0.15, -0.1) is 11.3 Å². The van der Waals surface area contributed by atoms with Crippen molar-refractivity contribution in [1.29, 1.82) is 0 Å². The van der Waals surface area contributed by atoms with Gasteiger partial charge in [-0.2, -0.15) is 0 Å². The number of carbonyl (C=O) groups excluding carboxylic acids is 1. The Labute approximate surface area is 150 Å². The zero-order chi connectivity index (χ0) is 17.8. The number of morpholine rings is 1. The van der Waals surface area contributed by atoms with Gasteiger partial charge in [0.05, 0.1) is 0 Å². The molecule has 0 aliphatic carbocycles. The van der Waals surface area contributed by atoms with Crippen molar-refractivity contribution >= 4 is 22.4 Å². The minimum Gasteiger partial charge on any atom is -0.364 e. The number of quaternary nitrogens is 1. The van der Waals surface area contributed by atoms with Crippen LogP contribution < -0.4 is 10.2 Å². The van der Waals surface area contributed by atoms with Crippen LogP contribution in [-0.2, 0) is 16.0 Å². The number of hydrogen-bond acceptors (Lipinski definition) is 4. The summed E-state index contributed by atoms with van der Waals surface area (Å²) in [7, 11) is 0. The fourth-order valence-corrected chi connectivity index (χ4v) is 4.05. The zero-order valence-corrected chi connectivity index (χ0v) is 15.2. The molecule has 1 amide bonds. The van der Waals surface area contributed by atoms with Crippen LogP contribution in [-0.4, -0.2) is 42.7 Å². The summed E-state index contributed by atoms with van der Waals surface area (Å²) in [6.07, 6.45) is 2.50. The number of ether oxygens (including phenoxy) is 1. The Kier molecular flexibility index (Phi) is 5.78. The van der Waals surface area contributed by atoms with Crippen molar-refractivity contribution < 1.29 is 18.8 Å². The summed E-state index contributed by atoms with van der Waals surface area (Å²) in [4.78, 5) is 18.6. The molecular weight excluding hydrogens is 341 g/mol. The number of carbonyl (C=O) groups is 1. The molecule has 2 aromatic rings. The van der Waals surface area contributed by atoms with Crippen LogP contribution in [0.15, 0.2) is 30.5 Å². The van der Waals surface area contributed by atoms with Gasteiger partial charge in [0.2, 0.25) is 0 Å². The van der Waals surface area contributed by atoms with E-state index in [1.165, 1.54) is 22.3 Å². The van der Waals surface area contributed by atoms with E-state index in [2.05, 4.69) is 10.3 Å². The molecular formula is C18H23FN3O2S+. The molecule has 2 unspecified atom stereocenters. The molecule has 1 aliphatic rings. The predicted molar refractivity (Wildman–Crippen MR) is 95.5 cm³/mol. The summed E-state index contributed by atoms with van der Waals surface area (Å²) in [5.74, 6) is -0.274. The summed E-state index contributed by atoms with van der Waals surface area (Å²) >= 11 is 1.38. The monoisotopic (exact) mass is 364 g/mol. The molecule has 0 saturated carbocycles. The first-order valence-electron chi connectivity index (χ1n) is 8.46. The molecule has 1 fully saturated rings. The molecule has 2 atom stereocenters. The maximum absolute atomic E-state index is 13.7. The largest absolute Gasteiger partial charge is 0.364 e. The van der Waals surface area contributed by atoms with E-state index in [1.807, 2.05) is 19.9 Å². The lowest BCUT2D eigenvalue weighted by molar-refractivity contribution is -0.907. The van der Waals surface area contributed by atoms with Crippen LogP contribution >= 0.6 is 11.3 Å². The first kappa shape index (κ1) is 18.0. The van der Waals surface area contributed by atoms with Crippen LogP contribution in [0.5, 0.6) is 0 Å². The third kappa shape index (κ3) is 5.07. The number of anilines is 1. The standard InChI is InChI=1S/C18H22FN3O2S/c1-12-9-22(10-13(2)24-12)11-17(23)21-18-20-8-15(25-18)7-14-5-3-4-6-16(14)19/h3-6,8,12-13H,7,9-11H2,1-2H3,(H,20,21,23)/p+1. The van der Waals surface area contributed by atoms with Gasteiger partial charge in [0.15, 0.2) is 11.7 Å². The molecule has 1 aromatic carbocycles. The molecule has 0 spiro atoms. The Balaban J connectivity index is 1.54. The Morgan fingerprint density at radius 2 is 2.08 bits per heavy atom. The van der Waals surface area contributed by atoms with Gasteiger partial charge in [-0.3, -0.25) is 10.1 Å². The molecule has 0 bridgehead atoms. The highest BCUT2D eigenvalue weighted by Crippen LogP contribution is 2.22. The van der Waals surface area contributed by atoms with Gasteiger partial charge in [0, 0.05) is 17.5 Å². The molecule has 7 heteroatoms. The molecule has 1 aromatic heterocycles. The van der Waals surface area contributed by atoms with E-state index in [0.29, 0.717) is 23.7 Å². The van der Waals surface area contributed by atoms with Crippen molar-refractivity contribution in [3.05, 3.63) is 46.7 Å². The van der Waals surface area contributed by atoms with Crippen LogP contribution in [0.1, 0.15) is 24.3 Å². The van der Waals surface area contributed by atoms with Crippen LogP contribution in [0, 0.1) is 5.82 Å². The van der Waals surface area contributed by atoms with Crippen LogP contribution in [0.3, 0.4) is 0 Å². The number of nitrogens with zero attached hydrogens (tertiary/aromatic N) is 1. The van der Waals surface area contributed by atoms with Gasteiger partial charge in [-0.1, -0.05) is 18.2 Å². The number of amides is 1. The van der Waals surface area contributed by atoms with Crippen molar-refractivity contribution in [2.75, 3.05) is 25.0 Å². The maximum atomic E-state index is 13.7. The van der Waals surface area contributed by atoms with Crippen molar-refractivity contribution in [1.82, 2.24) is 4.98 Å². The molecule has 2 heterocycles. The van der Waals surface area contributed by atoms with Crippen molar-refractivity contribution in [3.8, 4) is 0 Å². The van der Waals surface area contributed by atoms with Gasteiger partial charge in [-0.05, 0) is 25.5 Å². The fourth-order valence-electron chi connectivity index (χ4n) is 3.20. The topological polar surface area (TPSA) is 55.7 Å². The lowest BCUT2D eigenvalue weighted by atomic mass is 10.1. The van der Waals surface area contributed by atoms with E-state index in [9.17, 15) is 9.18 Å². The molecule has 3 rings (SSSR count). The highest BCUT2D eigenvalue weighted by atomic mass is 32.1. The average molecular weight is 364 g/mol. The normalized spacial score (nSPS) is 23.4. The number of nitrogens with one attached hydrogen (secondary N) is 2. The predicted octanol–water partition coefficient (Wildman–Crippen LogP) is 1.50. The minimum absolute atomic E-state index is 0.0527.